The number of hydrazone groups is 1. The summed E-state index contributed by atoms with van der Waals surface area (Å²) in [5, 5.41) is 4.86. The number of carbonyl (C=O) groups is 2. The van der Waals surface area contributed by atoms with Gasteiger partial charge in [-0.25, -0.2) is 15.2 Å². The molecule has 0 radical (unpaired) electrons. The molecule has 5 rings (SSSR count). The van der Waals surface area contributed by atoms with Gasteiger partial charge in [0.2, 0.25) is 0 Å². The summed E-state index contributed by atoms with van der Waals surface area (Å²) < 4.78 is 10.9. The Balaban J connectivity index is 1.32. The lowest BCUT2D eigenvalue weighted by atomic mass is 10.0. The first-order valence-corrected chi connectivity index (χ1v) is 12.8. The van der Waals surface area contributed by atoms with E-state index in [4.69, 9.17) is 14.1 Å². The monoisotopic (exact) mass is 517 g/mol. The molecule has 7 nitrogen and oxygen atoms in total. The Morgan fingerprint density at radius 3 is 2.41 bits per heavy atom. The smallest absolute Gasteiger partial charge is 0.338 e. The number of esters is 1. The molecule has 3 aromatic carbocycles. The minimum absolute atomic E-state index is 0.323. The molecule has 1 N–H and O–H groups in total. The first-order valence-electron chi connectivity index (χ1n) is 12.8. The molecule has 0 aliphatic heterocycles. The molecule has 0 atom stereocenters. The second kappa shape index (κ2) is 11.6. The lowest BCUT2D eigenvalue weighted by molar-refractivity contribution is 0.0526. The molecule has 0 bridgehead atoms. The lowest BCUT2D eigenvalue weighted by Crippen LogP contribution is -2.18. The molecule has 0 fully saturated rings. The Labute approximate surface area is 226 Å². The molecule has 0 spiro atoms. The van der Waals surface area contributed by atoms with Crippen LogP contribution in [-0.4, -0.2) is 29.7 Å². The van der Waals surface area contributed by atoms with E-state index in [9.17, 15) is 9.59 Å². The van der Waals surface area contributed by atoms with Crippen molar-refractivity contribution in [1.29, 1.82) is 0 Å². The normalized spacial score (nSPS) is 11.1. The number of rotatable bonds is 8. The zero-order valence-electron chi connectivity index (χ0n) is 21.7. The number of aryl methyl sites for hydroxylation is 1. The van der Waals surface area contributed by atoms with Crippen molar-refractivity contribution < 1.29 is 18.7 Å². The number of ether oxygens (including phenoxy) is 1. The van der Waals surface area contributed by atoms with Crippen LogP contribution in [0.1, 0.15) is 45.9 Å². The molecule has 2 aromatic heterocycles. The van der Waals surface area contributed by atoms with Crippen LogP contribution >= 0.6 is 0 Å². The molecular weight excluding hydrogens is 490 g/mol. The summed E-state index contributed by atoms with van der Waals surface area (Å²) in [7, 11) is 0. The standard InChI is InChI=1S/C32H27N3O4/c1-3-21-9-11-22(12-10-21)29-19-27(26-7-5-6-8-28(26)34-29)31(36)35-33-20-25-17-18-30(39-25)23-13-15-24(16-14-23)32(37)38-4-2/h5-20H,3-4H2,1-2H3,(H,35,36). The topological polar surface area (TPSA) is 93.8 Å². The van der Waals surface area contributed by atoms with E-state index in [1.807, 2.05) is 36.4 Å². The van der Waals surface area contributed by atoms with E-state index in [-0.39, 0.29) is 11.9 Å². The lowest BCUT2D eigenvalue weighted by Gasteiger charge is -2.09. The number of aromatic nitrogens is 1. The maximum Gasteiger partial charge on any atom is 0.338 e. The van der Waals surface area contributed by atoms with Crippen LogP contribution in [0.2, 0.25) is 0 Å². The Kier molecular flexibility index (Phi) is 7.59. The zero-order chi connectivity index (χ0) is 27.2. The van der Waals surface area contributed by atoms with Crippen LogP contribution in [-0.2, 0) is 11.2 Å². The number of amides is 1. The second-order valence-corrected chi connectivity index (χ2v) is 8.82. The molecule has 194 valence electrons. The molecule has 1 amide bonds. The average molecular weight is 518 g/mol. The highest BCUT2D eigenvalue weighted by Gasteiger charge is 2.14. The van der Waals surface area contributed by atoms with Gasteiger partial charge in [0.15, 0.2) is 0 Å². The first kappa shape index (κ1) is 25.6. The van der Waals surface area contributed by atoms with Gasteiger partial charge < -0.3 is 9.15 Å². The van der Waals surface area contributed by atoms with Gasteiger partial charge in [-0.2, -0.15) is 5.10 Å². The fraction of sp³-hybridized carbons (Fsp3) is 0.125. The number of pyridine rings is 1. The highest BCUT2D eigenvalue weighted by molar-refractivity contribution is 6.07. The van der Waals surface area contributed by atoms with Crippen molar-refractivity contribution in [2.45, 2.75) is 20.3 Å². The van der Waals surface area contributed by atoms with Gasteiger partial charge in [0, 0.05) is 16.5 Å². The van der Waals surface area contributed by atoms with E-state index in [2.05, 4.69) is 29.6 Å². The van der Waals surface area contributed by atoms with Crippen LogP contribution in [0.25, 0.3) is 33.5 Å². The van der Waals surface area contributed by atoms with Gasteiger partial charge in [0.05, 0.1) is 35.2 Å². The molecule has 0 aliphatic rings. The number of hydrogen-bond acceptors (Lipinski definition) is 6. The number of para-hydroxylation sites is 1. The maximum atomic E-state index is 13.2. The number of carbonyl (C=O) groups excluding carboxylic acids is 2. The summed E-state index contributed by atoms with van der Waals surface area (Å²) in [5.74, 6) is 0.362. The van der Waals surface area contributed by atoms with E-state index in [0.717, 1.165) is 34.1 Å². The van der Waals surface area contributed by atoms with Crippen LogP contribution in [0, 0.1) is 0 Å². The molecule has 2 heterocycles. The molecule has 0 saturated heterocycles. The predicted octanol–water partition coefficient (Wildman–Crippen LogP) is 6.66. The molecule has 39 heavy (non-hydrogen) atoms. The fourth-order valence-electron chi connectivity index (χ4n) is 4.20. The predicted molar refractivity (Wildman–Crippen MR) is 152 cm³/mol. The summed E-state index contributed by atoms with van der Waals surface area (Å²) in [5.41, 5.74) is 7.99. The van der Waals surface area contributed by atoms with E-state index in [0.29, 0.717) is 29.3 Å². The largest absolute Gasteiger partial charge is 0.462 e. The average Bonchev–Trinajstić information content (AvgIpc) is 3.45. The summed E-state index contributed by atoms with van der Waals surface area (Å²) >= 11 is 0. The van der Waals surface area contributed by atoms with Crippen molar-refractivity contribution in [2.75, 3.05) is 6.61 Å². The first-order chi connectivity index (χ1) is 19.1. The zero-order valence-corrected chi connectivity index (χ0v) is 21.7. The van der Waals surface area contributed by atoms with Crippen molar-refractivity contribution in [2.24, 2.45) is 5.10 Å². The molecule has 7 heteroatoms. The van der Waals surface area contributed by atoms with Gasteiger partial charge in [-0.05, 0) is 55.3 Å². The van der Waals surface area contributed by atoms with Crippen molar-refractivity contribution in [3.63, 3.8) is 0 Å². The quantitative estimate of drug-likeness (QED) is 0.141. The summed E-state index contributed by atoms with van der Waals surface area (Å²) in [6.07, 6.45) is 2.40. The van der Waals surface area contributed by atoms with Crippen LogP contribution in [0.3, 0.4) is 0 Å². The van der Waals surface area contributed by atoms with Crippen LogP contribution in [0.5, 0.6) is 0 Å². The van der Waals surface area contributed by atoms with Crippen molar-refractivity contribution >= 4 is 29.0 Å². The number of nitrogens with one attached hydrogen (secondary N) is 1. The third-order valence-corrected chi connectivity index (χ3v) is 6.28. The van der Waals surface area contributed by atoms with Gasteiger partial charge >= 0.3 is 5.97 Å². The number of furan rings is 1. The summed E-state index contributed by atoms with van der Waals surface area (Å²) in [4.78, 5) is 29.8. The SMILES string of the molecule is CCOC(=O)c1ccc(-c2ccc(C=NNC(=O)c3cc(-c4ccc(CC)cc4)nc4ccccc34)o2)cc1. The molecule has 0 aliphatic carbocycles. The van der Waals surface area contributed by atoms with E-state index < -0.39 is 0 Å². The van der Waals surface area contributed by atoms with Crippen molar-refractivity contribution in [1.82, 2.24) is 10.4 Å². The highest BCUT2D eigenvalue weighted by atomic mass is 16.5. The number of nitrogens with zero attached hydrogens (tertiary/aromatic N) is 2. The van der Waals surface area contributed by atoms with Gasteiger partial charge in [0.1, 0.15) is 11.5 Å². The fourth-order valence-corrected chi connectivity index (χ4v) is 4.20. The summed E-state index contributed by atoms with van der Waals surface area (Å²) in [6.45, 7) is 4.20. The minimum atomic E-state index is -0.365. The Bertz CT molecular complexity index is 1650. The minimum Gasteiger partial charge on any atom is -0.462 e. The molecular formula is C32H27N3O4. The van der Waals surface area contributed by atoms with Crippen molar-refractivity contribution in [3.05, 3.63) is 113 Å². The third kappa shape index (κ3) is 5.78. The van der Waals surface area contributed by atoms with E-state index in [1.54, 1.807) is 49.4 Å². The van der Waals surface area contributed by atoms with E-state index >= 15 is 0 Å². The van der Waals surface area contributed by atoms with Crippen molar-refractivity contribution in [3.8, 4) is 22.6 Å². The van der Waals surface area contributed by atoms with Crippen LogP contribution in [0.15, 0.2) is 101 Å². The highest BCUT2D eigenvalue weighted by Crippen LogP contribution is 2.26. The molecule has 5 aromatic rings. The second-order valence-electron chi connectivity index (χ2n) is 8.82. The van der Waals surface area contributed by atoms with Crippen LogP contribution < -0.4 is 5.43 Å². The van der Waals surface area contributed by atoms with Gasteiger partial charge in [-0.15, -0.1) is 0 Å². The molecule has 0 saturated carbocycles. The Morgan fingerprint density at radius 2 is 1.67 bits per heavy atom. The number of hydrogen-bond donors (Lipinski definition) is 1. The summed E-state index contributed by atoms with van der Waals surface area (Å²) in [6, 6.07) is 28.0. The number of fused-ring (bicyclic) bond motifs is 1. The third-order valence-electron chi connectivity index (χ3n) is 6.28. The Morgan fingerprint density at radius 1 is 0.923 bits per heavy atom. The van der Waals surface area contributed by atoms with E-state index in [1.165, 1.54) is 11.8 Å². The van der Waals surface area contributed by atoms with Gasteiger partial charge in [0.25, 0.3) is 5.91 Å². The maximum absolute atomic E-state index is 13.2. The number of benzene rings is 3. The van der Waals surface area contributed by atoms with Crippen LogP contribution in [0.4, 0.5) is 0 Å². The Hall–Kier alpha value is -5.04. The molecule has 0 unspecified atom stereocenters. The van der Waals surface area contributed by atoms with Gasteiger partial charge in [-0.3, -0.25) is 4.79 Å². The van der Waals surface area contributed by atoms with Gasteiger partial charge in [-0.1, -0.05) is 61.5 Å².